The maximum atomic E-state index is 12.9. The Labute approximate surface area is 154 Å². The van der Waals surface area contributed by atoms with E-state index in [0.717, 1.165) is 51.7 Å². The fourth-order valence-electron chi connectivity index (χ4n) is 5.03. The molecule has 0 radical (unpaired) electrons. The minimum atomic E-state index is -0.0410. The second-order valence-corrected chi connectivity index (χ2v) is 8.26. The number of aromatic nitrogens is 1. The predicted octanol–water partition coefficient (Wildman–Crippen LogP) is 2.45. The Morgan fingerprint density at radius 1 is 1.19 bits per heavy atom. The third-order valence-electron chi connectivity index (χ3n) is 6.41. The van der Waals surface area contributed by atoms with Crippen molar-refractivity contribution in [3.63, 3.8) is 0 Å². The van der Waals surface area contributed by atoms with Crippen molar-refractivity contribution >= 4 is 17.5 Å². The zero-order valence-corrected chi connectivity index (χ0v) is 15.3. The van der Waals surface area contributed by atoms with Gasteiger partial charge in [0.1, 0.15) is 5.69 Å². The minimum Gasteiger partial charge on any atom is -0.399 e. The highest BCUT2D eigenvalue weighted by molar-refractivity contribution is 5.93. The molecule has 2 N–H and O–H groups in total. The molecular formula is C20H28N4O2. The van der Waals surface area contributed by atoms with Gasteiger partial charge in [-0.05, 0) is 44.2 Å². The van der Waals surface area contributed by atoms with Crippen LogP contribution in [0.25, 0.3) is 0 Å². The van der Waals surface area contributed by atoms with Crippen LogP contribution in [0.3, 0.4) is 0 Å². The highest BCUT2D eigenvalue weighted by Crippen LogP contribution is 2.41. The van der Waals surface area contributed by atoms with Crippen LogP contribution >= 0.6 is 0 Å². The van der Waals surface area contributed by atoms with Gasteiger partial charge in [0.2, 0.25) is 5.91 Å². The first kappa shape index (κ1) is 17.3. The van der Waals surface area contributed by atoms with E-state index in [2.05, 4.69) is 9.88 Å². The molecule has 1 aromatic rings. The molecule has 0 bridgehead atoms. The molecule has 3 aliphatic rings. The first-order valence-corrected chi connectivity index (χ1v) is 9.87. The lowest BCUT2D eigenvalue weighted by Crippen LogP contribution is -2.57. The lowest BCUT2D eigenvalue weighted by atomic mass is 9.73. The maximum absolute atomic E-state index is 12.9. The molecule has 3 heterocycles. The number of amides is 2. The van der Waals surface area contributed by atoms with Gasteiger partial charge in [0.25, 0.3) is 5.91 Å². The molecule has 26 heavy (non-hydrogen) atoms. The van der Waals surface area contributed by atoms with Crippen LogP contribution < -0.4 is 5.73 Å². The van der Waals surface area contributed by atoms with Crippen LogP contribution in [0.2, 0.25) is 0 Å². The number of piperidine rings is 2. The monoisotopic (exact) mass is 356 g/mol. The third-order valence-corrected chi connectivity index (χ3v) is 6.41. The number of hydrogen-bond acceptors (Lipinski definition) is 4. The summed E-state index contributed by atoms with van der Waals surface area (Å²) in [5, 5.41) is 0. The average molecular weight is 356 g/mol. The van der Waals surface area contributed by atoms with E-state index in [1.165, 1.54) is 12.8 Å². The standard InChI is InChI=1S/C20H28N4O2/c21-15-7-10-22-17(12-15)19(26)23-11-3-8-20(13-23)9-6-18(25)24(14-20)16-4-1-2-5-16/h7,10,12,16H,1-6,8-9,11,13-14H2,(H2,21,22)/t20-/m0/s1. The molecule has 6 nitrogen and oxygen atoms in total. The van der Waals surface area contributed by atoms with Gasteiger partial charge in [0.15, 0.2) is 0 Å². The van der Waals surface area contributed by atoms with E-state index < -0.39 is 0 Å². The third kappa shape index (κ3) is 3.29. The molecule has 3 fully saturated rings. The van der Waals surface area contributed by atoms with Crippen LogP contribution in [-0.2, 0) is 4.79 Å². The van der Waals surface area contributed by atoms with Gasteiger partial charge >= 0.3 is 0 Å². The zero-order valence-electron chi connectivity index (χ0n) is 15.3. The largest absolute Gasteiger partial charge is 0.399 e. The number of rotatable bonds is 2. The summed E-state index contributed by atoms with van der Waals surface area (Å²) in [6, 6.07) is 3.76. The molecule has 2 saturated heterocycles. The van der Waals surface area contributed by atoms with Crippen molar-refractivity contribution in [3.8, 4) is 0 Å². The van der Waals surface area contributed by atoms with E-state index >= 15 is 0 Å². The first-order valence-electron chi connectivity index (χ1n) is 9.87. The van der Waals surface area contributed by atoms with E-state index in [0.29, 0.717) is 29.8 Å². The van der Waals surface area contributed by atoms with Crippen LogP contribution in [0.1, 0.15) is 61.9 Å². The first-order chi connectivity index (χ1) is 12.6. The maximum Gasteiger partial charge on any atom is 0.272 e. The number of anilines is 1. The molecular weight excluding hydrogens is 328 g/mol. The topological polar surface area (TPSA) is 79.5 Å². The van der Waals surface area contributed by atoms with E-state index in [1.807, 2.05) is 4.90 Å². The van der Waals surface area contributed by atoms with Crippen LogP contribution in [-0.4, -0.2) is 52.3 Å². The van der Waals surface area contributed by atoms with Crippen molar-refractivity contribution in [2.24, 2.45) is 5.41 Å². The second-order valence-electron chi connectivity index (χ2n) is 8.26. The summed E-state index contributed by atoms with van der Waals surface area (Å²) >= 11 is 0. The Bertz CT molecular complexity index is 701. The molecule has 1 spiro atoms. The van der Waals surface area contributed by atoms with Crippen LogP contribution in [0.4, 0.5) is 5.69 Å². The molecule has 4 rings (SSSR count). The number of nitrogens with zero attached hydrogens (tertiary/aromatic N) is 3. The van der Waals surface area contributed by atoms with Gasteiger partial charge in [-0.25, -0.2) is 0 Å². The van der Waals surface area contributed by atoms with E-state index in [9.17, 15) is 9.59 Å². The summed E-state index contributed by atoms with van der Waals surface area (Å²) in [5.74, 6) is 0.268. The molecule has 1 saturated carbocycles. The van der Waals surface area contributed by atoms with Crippen molar-refractivity contribution in [2.75, 3.05) is 25.4 Å². The Hall–Kier alpha value is -2.11. The van der Waals surface area contributed by atoms with Crippen molar-refractivity contribution in [1.29, 1.82) is 0 Å². The van der Waals surface area contributed by atoms with Gasteiger partial charge in [-0.3, -0.25) is 14.6 Å². The summed E-state index contributed by atoms with van der Waals surface area (Å²) in [6.45, 7) is 2.29. The summed E-state index contributed by atoms with van der Waals surface area (Å²) in [5.41, 5.74) is 6.84. The Balaban J connectivity index is 1.50. The minimum absolute atomic E-state index is 0.0410. The summed E-state index contributed by atoms with van der Waals surface area (Å²) < 4.78 is 0. The van der Waals surface area contributed by atoms with Crippen molar-refractivity contribution < 1.29 is 9.59 Å². The van der Waals surface area contributed by atoms with Gasteiger partial charge in [-0.2, -0.15) is 0 Å². The van der Waals surface area contributed by atoms with Crippen LogP contribution in [0, 0.1) is 5.41 Å². The molecule has 1 aromatic heterocycles. The van der Waals surface area contributed by atoms with Crippen LogP contribution in [0.5, 0.6) is 0 Å². The second kappa shape index (κ2) is 6.89. The zero-order chi connectivity index (χ0) is 18.1. The van der Waals surface area contributed by atoms with E-state index in [1.54, 1.807) is 18.3 Å². The molecule has 0 unspecified atom stereocenters. The van der Waals surface area contributed by atoms with Gasteiger partial charge in [-0.15, -0.1) is 0 Å². The number of nitrogens with two attached hydrogens (primary N) is 1. The molecule has 1 atom stereocenters. The molecule has 2 amide bonds. The highest BCUT2D eigenvalue weighted by atomic mass is 16.2. The quantitative estimate of drug-likeness (QED) is 0.883. The van der Waals surface area contributed by atoms with Gasteiger partial charge in [-0.1, -0.05) is 12.8 Å². The smallest absolute Gasteiger partial charge is 0.272 e. The Morgan fingerprint density at radius 3 is 2.77 bits per heavy atom. The summed E-state index contributed by atoms with van der Waals surface area (Å²) in [7, 11) is 0. The van der Waals surface area contributed by atoms with Crippen molar-refractivity contribution in [1.82, 2.24) is 14.8 Å². The van der Waals surface area contributed by atoms with Gasteiger partial charge < -0.3 is 15.5 Å². The fourth-order valence-corrected chi connectivity index (χ4v) is 5.03. The number of nitrogen functional groups attached to an aromatic ring is 1. The number of hydrogen-bond donors (Lipinski definition) is 1. The van der Waals surface area contributed by atoms with Crippen LogP contribution in [0.15, 0.2) is 18.3 Å². The van der Waals surface area contributed by atoms with Gasteiger partial charge in [0.05, 0.1) is 0 Å². The SMILES string of the molecule is Nc1ccnc(C(=O)N2CCC[C@]3(CCC(=O)N(C4CCCC4)C3)C2)c1. The van der Waals surface area contributed by atoms with Gasteiger partial charge in [0, 0.05) is 49.4 Å². The van der Waals surface area contributed by atoms with Crippen molar-refractivity contribution in [3.05, 3.63) is 24.0 Å². The normalized spacial score (nSPS) is 27.3. The molecule has 2 aliphatic heterocycles. The molecule has 1 aliphatic carbocycles. The molecule has 140 valence electrons. The number of carbonyl (C=O) groups is 2. The molecule has 0 aromatic carbocycles. The number of pyridine rings is 1. The summed E-state index contributed by atoms with van der Waals surface area (Å²) in [4.78, 5) is 33.7. The fraction of sp³-hybridized carbons (Fsp3) is 0.650. The predicted molar refractivity (Wildman–Crippen MR) is 99.4 cm³/mol. The number of carbonyl (C=O) groups excluding carboxylic acids is 2. The summed E-state index contributed by atoms with van der Waals surface area (Å²) in [6.07, 6.45) is 9.91. The molecule has 6 heteroatoms. The average Bonchev–Trinajstić information content (AvgIpc) is 3.18. The Morgan fingerprint density at radius 2 is 2.00 bits per heavy atom. The number of likely N-dealkylation sites (tertiary alicyclic amines) is 2. The lowest BCUT2D eigenvalue weighted by Gasteiger charge is -2.49. The lowest BCUT2D eigenvalue weighted by molar-refractivity contribution is -0.142. The highest BCUT2D eigenvalue weighted by Gasteiger charge is 2.44. The Kier molecular flexibility index (Phi) is 4.59. The van der Waals surface area contributed by atoms with Crippen molar-refractivity contribution in [2.45, 2.75) is 57.4 Å². The van der Waals surface area contributed by atoms with E-state index in [4.69, 9.17) is 5.73 Å². The van der Waals surface area contributed by atoms with E-state index in [-0.39, 0.29) is 11.3 Å².